The molecule has 0 aliphatic rings. The van der Waals surface area contributed by atoms with Crippen LogP contribution in [0.5, 0.6) is 5.75 Å². The summed E-state index contributed by atoms with van der Waals surface area (Å²) in [5.41, 5.74) is 4.14. The molecule has 0 radical (unpaired) electrons. The van der Waals surface area contributed by atoms with Gasteiger partial charge < -0.3 is 15.4 Å². The first-order valence-electron chi connectivity index (χ1n) is 9.87. The number of methoxy groups -OCH3 is 1. The van der Waals surface area contributed by atoms with Gasteiger partial charge in [-0.05, 0) is 35.9 Å². The van der Waals surface area contributed by atoms with Gasteiger partial charge in [0.05, 0.1) is 12.8 Å². The van der Waals surface area contributed by atoms with E-state index in [0.29, 0.717) is 17.9 Å². The number of rotatable bonds is 7. The van der Waals surface area contributed by atoms with Crippen LogP contribution >= 0.6 is 0 Å². The van der Waals surface area contributed by atoms with Crippen molar-refractivity contribution in [2.75, 3.05) is 12.4 Å². The summed E-state index contributed by atoms with van der Waals surface area (Å²) >= 11 is 0. The minimum atomic E-state index is -0.154. The van der Waals surface area contributed by atoms with Crippen molar-refractivity contribution in [3.05, 3.63) is 102 Å². The maximum absolute atomic E-state index is 12.6. The average Bonchev–Trinajstić information content (AvgIpc) is 2.83. The molecule has 0 aliphatic carbocycles. The van der Waals surface area contributed by atoms with Crippen LogP contribution in [0.2, 0.25) is 0 Å². The van der Waals surface area contributed by atoms with E-state index in [1.807, 2.05) is 72.8 Å². The Hall–Kier alpha value is -4.19. The van der Waals surface area contributed by atoms with Crippen LogP contribution in [0.1, 0.15) is 15.9 Å². The molecule has 2 N–H and O–H groups in total. The van der Waals surface area contributed by atoms with E-state index in [-0.39, 0.29) is 5.91 Å². The van der Waals surface area contributed by atoms with E-state index in [4.69, 9.17) is 4.74 Å². The Morgan fingerprint density at radius 1 is 0.903 bits per heavy atom. The van der Waals surface area contributed by atoms with Gasteiger partial charge in [-0.2, -0.15) is 0 Å². The Balaban J connectivity index is 1.44. The lowest BCUT2D eigenvalue weighted by Gasteiger charge is -2.10. The third-order valence-corrected chi connectivity index (χ3v) is 4.72. The van der Waals surface area contributed by atoms with E-state index < -0.39 is 0 Å². The molecule has 0 atom stereocenters. The Labute approximate surface area is 181 Å². The summed E-state index contributed by atoms with van der Waals surface area (Å²) < 4.78 is 5.22. The fourth-order valence-corrected chi connectivity index (χ4v) is 3.15. The van der Waals surface area contributed by atoms with Crippen LogP contribution in [-0.2, 0) is 6.54 Å². The van der Waals surface area contributed by atoms with Gasteiger partial charge in [-0.25, -0.2) is 9.97 Å². The van der Waals surface area contributed by atoms with Crippen molar-refractivity contribution in [1.82, 2.24) is 15.3 Å². The summed E-state index contributed by atoms with van der Waals surface area (Å²) in [6, 6.07) is 26.7. The molecule has 0 unspecified atom stereocenters. The molecule has 0 bridgehead atoms. The van der Waals surface area contributed by atoms with Gasteiger partial charge in [-0.15, -0.1) is 0 Å². The van der Waals surface area contributed by atoms with Crippen LogP contribution in [0.3, 0.4) is 0 Å². The van der Waals surface area contributed by atoms with Gasteiger partial charge in [-0.3, -0.25) is 4.79 Å². The van der Waals surface area contributed by atoms with Crippen molar-refractivity contribution in [1.29, 1.82) is 0 Å². The molecular weight excluding hydrogens is 388 g/mol. The first-order valence-corrected chi connectivity index (χ1v) is 9.87. The molecule has 3 aromatic carbocycles. The highest BCUT2D eigenvalue weighted by molar-refractivity contribution is 5.95. The van der Waals surface area contributed by atoms with Crippen molar-refractivity contribution in [3.63, 3.8) is 0 Å². The molecule has 1 amide bonds. The Morgan fingerprint density at radius 3 is 2.58 bits per heavy atom. The fourth-order valence-electron chi connectivity index (χ4n) is 3.15. The van der Waals surface area contributed by atoms with Crippen LogP contribution in [0.15, 0.2) is 91.3 Å². The second-order valence-electron chi connectivity index (χ2n) is 6.89. The van der Waals surface area contributed by atoms with E-state index in [1.54, 1.807) is 19.2 Å². The van der Waals surface area contributed by atoms with E-state index in [2.05, 4.69) is 20.6 Å². The predicted octanol–water partition coefficient (Wildman–Crippen LogP) is 4.83. The molecule has 6 heteroatoms. The topological polar surface area (TPSA) is 76.1 Å². The number of anilines is 2. The summed E-state index contributed by atoms with van der Waals surface area (Å²) in [4.78, 5) is 21.3. The summed E-state index contributed by atoms with van der Waals surface area (Å²) in [6.45, 7) is 0.417. The smallest absolute Gasteiger partial charge is 0.251 e. The molecule has 6 nitrogen and oxygen atoms in total. The third kappa shape index (κ3) is 5.25. The largest absolute Gasteiger partial charge is 0.497 e. The first kappa shape index (κ1) is 20.1. The second-order valence-corrected chi connectivity index (χ2v) is 6.89. The molecule has 0 spiro atoms. The number of carbonyl (C=O) groups excluding carboxylic acids is 1. The first-order chi connectivity index (χ1) is 15.2. The van der Waals surface area contributed by atoms with Gasteiger partial charge in [0.2, 0.25) is 0 Å². The van der Waals surface area contributed by atoms with E-state index in [1.165, 1.54) is 6.33 Å². The molecule has 31 heavy (non-hydrogen) atoms. The fraction of sp³-hybridized carbons (Fsp3) is 0.0800. The zero-order chi connectivity index (χ0) is 21.5. The SMILES string of the molecule is COc1cccc(CNC(=O)c2cccc(Nc3cc(-c4ccccc4)ncn3)c2)c1. The molecule has 1 heterocycles. The number of carbonyl (C=O) groups is 1. The highest BCUT2D eigenvalue weighted by atomic mass is 16.5. The number of nitrogens with zero attached hydrogens (tertiary/aromatic N) is 2. The maximum atomic E-state index is 12.6. The van der Waals surface area contributed by atoms with Crippen molar-refractivity contribution < 1.29 is 9.53 Å². The number of aromatic nitrogens is 2. The molecular formula is C25H22N4O2. The number of benzene rings is 3. The van der Waals surface area contributed by atoms with Gasteiger partial charge in [0.1, 0.15) is 17.9 Å². The van der Waals surface area contributed by atoms with E-state index >= 15 is 0 Å². The third-order valence-electron chi connectivity index (χ3n) is 4.72. The van der Waals surface area contributed by atoms with Crippen LogP contribution in [0.25, 0.3) is 11.3 Å². The minimum Gasteiger partial charge on any atom is -0.497 e. The van der Waals surface area contributed by atoms with Crippen molar-refractivity contribution in [2.24, 2.45) is 0 Å². The van der Waals surface area contributed by atoms with E-state index in [0.717, 1.165) is 28.3 Å². The standard InChI is InChI=1S/C25H22N4O2/c1-31-22-12-5-7-18(13-22)16-26-25(30)20-10-6-11-21(14-20)29-24-15-23(27-17-28-24)19-8-3-2-4-9-19/h2-15,17H,16H2,1H3,(H,26,30)(H,27,28,29). The number of nitrogens with one attached hydrogen (secondary N) is 2. The van der Waals surface area contributed by atoms with Crippen molar-refractivity contribution >= 4 is 17.4 Å². The maximum Gasteiger partial charge on any atom is 0.251 e. The van der Waals surface area contributed by atoms with Crippen LogP contribution in [0, 0.1) is 0 Å². The summed E-state index contributed by atoms with van der Waals surface area (Å²) in [5.74, 6) is 1.26. The number of hydrogen-bond donors (Lipinski definition) is 2. The zero-order valence-corrected chi connectivity index (χ0v) is 17.1. The molecule has 154 valence electrons. The summed E-state index contributed by atoms with van der Waals surface area (Å²) in [5, 5.41) is 6.19. The normalized spacial score (nSPS) is 10.4. The highest BCUT2D eigenvalue weighted by Gasteiger charge is 2.08. The predicted molar refractivity (Wildman–Crippen MR) is 121 cm³/mol. The summed E-state index contributed by atoms with van der Waals surface area (Å²) in [7, 11) is 1.62. The monoisotopic (exact) mass is 410 g/mol. The van der Waals surface area contributed by atoms with Gasteiger partial charge in [-0.1, -0.05) is 48.5 Å². The van der Waals surface area contributed by atoms with Gasteiger partial charge in [0.15, 0.2) is 0 Å². The van der Waals surface area contributed by atoms with Crippen LogP contribution < -0.4 is 15.4 Å². The summed E-state index contributed by atoms with van der Waals surface area (Å²) in [6.07, 6.45) is 1.52. The second kappa shape index (κ2) is 9.54. The molecule has 4 aromatic rings. The minimum absolute atomic E-state index is 0.154. The Bertz CT molecular complexity index is 1180. The molecule has 1 aromatic heterocycles. The van der Waals surface area contributed by atoms with Crippen LogP contribution in [0.4, 0.5) is 11.5 Å². The quantitative estimate of drug-likeness (QED) is 0.457. The molecule has 4 rings (SSSR count). The zero-order valence-electron chi connectivity index (χ0n) is 17.1. The lowest BCUT2D eigenvalue weighted by atomic mass is 10.1. The molecule has 0 saturated heterocycles. The van der Waals surface area contributed by atoms with Crippen LogP contribution in [-0.4, -0.2) is 23.0 Å². The molecule has 0 aliphatic heterocycles. The van der Waals surface area contributed by atoms with Gasteiger partial charge >= 0.3 is 0 Å². The lowest BCUT2D eigenvalue weighted by molar-refractivity contribution is 0.0951. The van der Waals surface area contributed by atoms with E-state index in [9.17, 15) is 4.79 Å². The number of hydrogen-bond acceptors (Lipinski definition) is 5. The number of amides is 1. The molecule has 0 fully saturated rings. The average molecular weight is 410 g/mol. The Kier molecular flexibility index (Phi) is 6.18. The lowest BCUT2D eigenvalue weighted by Crippen LogP contribution is -2.22. The van der Waals surface area contributed by atoms with Crippen molar-refractivity contribution in [2.45, 2.75) is 6.54 Å². The number of ether oxygens (including phenoxy) is 1. The highest BCUT2D eigenvalue weighted by Crippen LogP contribution is 2.21. The molecule has 0 saturated carbocycles. The van der Waals surface area contributed by atoms with Crippen molar-refractivity contribution in [3.8, 4) is 17.0 Å². The van der Waals surface area contributed by atoms with Gasteiger partial charge in [0, 0.05) is 29.4 Å². The Morgan fingerprint density at radius 2 is 1.74 bits per heavy atom. The van der Waals surface area contributed by atoms with Gasteiger partial charge in [0.25, 0.3) is 5.91 Å².